The van der Waals surface area contributed by atoms with Crippen LogP contribution in [-0.2, 0) is 16.9 Å². The first-order valence-electron chi connectivity index (χ1n) is 11.2. The van der Waals surface area contributed by atoms with Crippen molar-refractivity contribution in [3.05, 3.63) is 83.7 Å². The second-order valence-electron chi connectivity index (χ2n) is 8.84. The molecule has 2 aromatic carbocycles. The highest BCUT2D eigenvalue weighted by Gasteiger charge is 2.39. The van der Waals surface area contributed by atoms with E-state index in [1.807, 2.05) is 24.3 Å². The first-order valence-corrected chi connectivity index (χ1v) is 11.2. The van der Waals surface area contributed by atoms with Crippen LogP contribution in [0.2, 0.25) is 0 Å². The van der Waals surface area contributed by atoms with E-state index < -0.39 is 17.7 Å². The van der Waals surface area contributed by atoms with Gasteiger partial charge in [0, 0.05) is 29.9 Å². The number of hydrogen-bond donors (Lipinski definition) is 2. The maximum absolute atomic E-state index is 14.4. The number of rotatable bonds is 5. The van der Waals surface area contributed by atoms with E-state index in [0.717, 1.165) is 22.1 Å². The number of aliphatic hydroxyl groups is 2. The molecule has 2 N–H and O–H groups in total. The highest BCUT2D eigenvalue weighted by Crippen LogP contribution is 2.38. The summed E-state index contributed by atoms with van der Waals surface area (Å²) in [5.41, 5.74) is 2.26. The van der Waals surface area contributed by atoms with Crippen LogP contribution in [0.3, 0.4) is 0 Å². The second-order valence-corrected chi connectivity index (χ2v) is 8.84. The molecule has 1 saturated heterocycles. The van der Waals surface area contributed by atoms with Crippen molar-refractivity contribution in [2.75, 3.05) is 0 Å². The summed E-state index contributed by atoms with van der Waals surface area (Å²) >= 11 is 0. The van der Waals surface area contributed by atoms with Crippen molar-refractivity contribution >= 4 is 10.9 Å². The van der Waals surface area contributed by atoms with Gasteiger partial charge in [-0.15, -0.1) is 0 Å². The Morgan fingerprint density at radius 3 is 2.80 bits per heavy atom. The van der Waals surface area contributed by atoms with Crippen LogP contribution < -0.4 is 4.74 Å². The Labute approximate surface area is 201 Å². The molecule has 0 bridgehead atoms. The molecule has 1 fully saturated rings. The van der Waals surface area contributed by atoms with Gasteiger partial charge in [-0.1, -0.05) is 12.1 Å². The molecule has 1 aliphatic rings. The average Bonchev–Trinajstić information content (AvgIpc) is 3.35. The monoisotopic (exact) mass is 474 g/mol. The molecule has 0 spiro atoms. The Hall–Kier alpha value is -3.77. The zero-order valence-electron chi connectivity index (χ0n) is 18.9. The van der Waals surface area contributed by atoms with Gasteiger partial charge < -0.3 is 24.1 Å². The summed E-state index contributed by atoms with van der Waals surface area (Å²) < 4.78 is 30.8. The highest BCUT2D eigenvalue weighted by atomic mass is 19.1. The fourth-order valence-corrected chi connectivity index (χ4v) is 4.61. The molecular weight excluding hydrogens is 451 g/mol. The third-order valence-electron chi connectivity index (χ3n) is 6.16. The Morgan fingerprint density at radius 1 is 1.20 bits per heavy atom. The quantitative estimate of drug-likeness (QED) is 0.428. The van der Waals surface area contributed by atoms with Gasteiger partial charge in [-0.25, -0.2) is 9.37 Å². The van der Waals surface area contributed by atoms with Gasteiger partial charge in [-0.3, -0.25) is 0 Å². The van der Waals surface area contributed by atoms with Gasteiger partial charge in [0.15, 0.2) is 6.29 Å². The van der Waals surface area contributed by atoms with E-state index in [0.29, 0.717) is 11.1 Å². The summed E-state index contributed by atoms with van der Waals surface area (Å²) in [6.07, 6.45) is 1.83. The van der Waals surface area contributed by atoms with Crippen molar-refractivity contribution < 1.29 is 28.5 Å². The van der Waals surface area contributed by atoms with Gasteiger partial charge in [0.2, 0.25) is 0 Å². The minimum Gasteiger partial charge on any atom is -0.489 e. The van der Waals surface area contributed by atoms with Crippen LogP contribution >= 0.6 is 0 Å². The molecule has 0 aliphatic carbocycles. The molecule has 0 amide bonds. The van der Waals surface area contributed by atoms with Crippen molar-refractivity contribution in [3.63, 3.8) is 0 Å². The molecule has 178 valence electrons. The summed E-state index contributed by atoms with van der Waals surface area (Å²) in [5.74, 6) is -0.303. The second kappa shape index (κ2) is 9.12. The Kier molecular flexibility index (Phi) is 5.99. The smallest absolute Gasteiger partial charge is 0.157 e. The van der Waals surface area contributed by atoms with Crippen molar-refractivity contribution in [1.82, 2.24) is 4.98 Å². The number of aromatic nitrogens is 1. The standard InChI is InChI=1S/C27H23FN2O5/c1-16-11-27(32,12-26(31)35-16)19-7-20(28)9-22(8-19)34-14-17-2-3-23-24(18-4-5-33-15-18)10-21(13-29)30-25(23)6-17/h2-10,15-16,26,31-32H,11-12,14H2,1H3. The van der Waals surface area contributed by atoms with Crippen molar-refractivity contribution in [3.8, 4) is 22.9 Å². The Bertz CT molecular complexity index is 1400. The number of benzene rings is 2. The predicted octanol–water partition coefficient (Wildman–Crippen LogP) is 4.79. The van der Waals surface area contributed by atoms with Crippen LogP contribution in [0.5, 0.6) is 5.75 Å². The zero-order valence-corrected chi connectivity index (χ0v) is 18.9. The number of nitrogens with zero attached hydrogens (tertiary/aromatic N) is 2. The number of fused-ring (bicyclic) bond motifs is 1. The van der Waals surface area contributed by atoms with Crippen molar-refractivity contribution in [2.45, 2.75) is 44.4 Å². The summed E-state index contributed by atoms with van der Waals surface area (Å²) in [6.45, 7) is 1.87. The molecule has 3 unspecified atom stereocenters. The number of furan rings is 1. The van der Waals surface area contributed by atoms with E-state index in [-0.39, 0.29) is 37.0 Å². The summed E-state index contributed by atoms with van der Waals surface area (Å²) in [4.78, 5) is 4.42. The first kappa shape index (κ1) is 23.0. The maximum Gasteiger partial charge on any atom is 0.157 e. The molecule has 0 radical (unpaired) electrons. The number of pyridine rings is 1. The van der Waals surface area contributed by atoms with E-state index in [2.05, 4.69) is 11.1 Å². The molecule has 1 aliphatic heterocycles. The lowest BCUT2D eigenvalue weighted by Gasteiger charge is -2.38. The molecule has 2 aromatic heterocycles. The van der Waals surface area contributed by atoms with Gasteiger partial charge in [0.1, 0.15) is 29.9 Å². The van der Waals surface area contributed by atoms with Gasteiger partial charge in [0.25, 0.3) is 0 Å². The van der Waals surface area contributed by atoms with Crippen LogP contribution in [-0.4, -0.2) is 27.6 Å². The molecule has 8 heteroatoms. The fourth-order valence-electron chi connectivity index (χ4n) is 4.61. The van der Waals surface area contributed by atoms with Crippen LogP contribution in [0.25, 0.3) is 22.0 Å². The van der Waals surface area contributed by atoms with E-state index in [1.165, 1.54) is 12.1 Å². The van der Waals surface area contributed by atoms with E-state index in [9.17, 15) is 19.9 Å². The van der Waals surface area contributed by atoms with Gasteiger partial charge in [-0.2, -0.15) is 5.26 Å². The predicted molar refractivity (Wildman–Crippen MR) is 125 cm³/mol. The third kappa shape index (κ3) is 4.75. The molecule has 0 saturated carbocycles. The number of hydrogen-bond acceptors (Lipinski definition) is 7. The number of nitriles is 1. The molecule has 7 nitrogen and oxygen atoms in total. The van der Waals surface area contributed by atoms with E-state index in [1.54, 1.807) is 31.6 Å². The number of halogens is 1. The molecule has 3 heterocycles. The van der Waals surface area contributed by atoms with Gasteiger partial charge in [-0.05, 0) is 53.9 Å². The van der Waals surface area contributed by atoms with Gasteiger partial charge >= 0.3 is 0 Å². The average molecular weight is 474 g/mol. The lowest BCUT2D eigenvalue weighted by Crippen LogP contribution is -2.42. The lowest BCUT2D eigenvalue weighted by molar-refractivity contribution is -0.217. The van der Waals surface area contributed by atoms with Crippen molar-refractivity contribution in [1.29, 1.82) is 5.26 Å². The maximum atomic E-state index is 14.4. The first-order chi connectivity index (χ1) is 16.8. The van der Waals surface area contributed by atoms with Crippen LogP contribution in [0.1, 0.15) is 36.6 Å². The largest absolute Gasteiger partial charge is 0.489 e. The topological polar surface area (TPSA) is 109 Å². The molecule has 5 rings (SSSR count). The number of aliphatic hydroxyl groups excluding tert-OH is 1. The van der Waals surface area contributed by atoms with Gasteiger partial charge in [0.05, 0.1) is 29.7 Å². The van der Waals surface area contributed by atoms with Crippen LogP contribution in [0, 0.1) is 17.1 Å². The molecule has 35 heavy (non-hydrogen) atoms. The minimum absolute atomic E-state index is 0.0587. The van der Waals surface area contributed by atoms with E-state index in [4.69, 9.17) is 13.9 Å². The van der Waals surface area contributed by atoms with Crippen LogP contribution in [0.15, 0.2) is 65.5 Å². The molecular formula is C27H23FN2O5. The zero-order chi connectivity index (χ0) is 24.6. The number of ether oxygens (including phenoxy) is 2. The third-order valence-corrected chi connectivity index (χ3v) is 6.16. The normalized spacial score (nSPS) is 22.1. The summed E-state index contributed by atoms with van der Waals surface area (Å²) in [7, 11) is 0. The highest BCUT2D eigenvalue weighted by molar-refractivity contribution is 5.95. The summed E-state index contributed by atoms with van der Waals surface area (Å²) in [5, 5.41) is 31.3. The SMILES string of the molecule is CC1CC(O)(c2cc(F)cc(OCc3ccc4c(-c5ccoc5)cc(C#N)nc4c3)c2)CC(O)O1. The molecule has 3 atom stereocenters. The Morgan fingerprint density at radius 2 is 2.06 bits per heavy atom. The van der Waals surface area contributed by atoms with E-state index >= 15 is 0 Å². The summed E-state index contributed by atoms with van der Waals surface area (Å²) in [6, 6.07) is 15.3. The van der Waals surface area contributed by atoms with Crippen LogP contribution in [0.4, 0.5) is 4.39 Å². The Balaban J connectivity index is 1.41. The lowest BCUT2D eigenvalue weighted by atomic mass is 9.83. The minimum atomic E-state index is -1.43. The molecule has 4 aromatic rings. The fraction of sp³-hybridized carbons (Fsp3) is 0.259. The van der Waals surface area contributed by atoms with Crippen molar-refractivity contribution in [2.24, 2.45) is 0 Å².